The molecular formula is C31H37N3O5. The molecule has 8 nitrogen and oxygen atoms in total. The monoisotopic (exact) mass is 531 g/mol. The molecule has 1 spiro atoms. The van der Waals surface area contributed by atoms with Crippen molar-refractivity contribution in [3.8, 4) is 0 Å². The van der Waals surface area contributed by atoms with Gasteiger partial charge in [0.05, 0.1) is 30.6 Å². The molecular weight excluding hydrogens is 494 g/mol. The molecule has 6 rings (SSSR count). The standard InChI is InChI=1S/C31H37N3O5/c35-19-23(18-20-10-4-1-5-11-20)34-27(29(37)33-22-14-8-3-9-15-22)31-17-16-24(39-31)25(26(31)30(34)38)28(36)32-21-12-6-2-7-13-21/h1-2,4-7,10-13,22-27,35H,3,8-9,14-19H2,(H,32,36)(H,33,37)/t23-,24-,25+,26+,27?,31?/m1/s1. The van der Waals surface area contributed by atoms with Crippen LogP contribution in [-0.2, 0) is 25.5 Å². The van der Waals surface area contributed by atoms with Crippen molar-refractivity contribution in [1.82, 2.24) is 10.2 Å². The van der Waals surface area contributed by atoms with Crippen molar-refractivity contribution in [2.24, 2.45) is 11.8 Å². The number of carbonyl (C=O) groups is 3. The predicted octanol–water partition coefficient (Wildman–Crippen LogP) is 3.05. The van der Waals surface area contributed by atoms with Gasteiger partial charge in [-0.1, -0.05) is 67.8 Å². The van der Waals surface area contributed by atoms with Crippen LogP contribution in [0.1, 0.15) is 50.5 Å². The van der Waals surface area contributed by atoms with E-state index in [-0.39, 0.29) is 30.4 Å². The summed E-state index contributed by atoms with van der Waals surface area (Å²) in [6.07, 6.45) is 6.27. The average Bonchev–Trinajstić information content (AvgIpc) is 3.61. The number of hydrogen-bond donors (Lipinski definition) is 3. The first-order chi connectivity index (χ1) is 19.0. The molecule has 1 saturated carbocycles. The van der Waals surface area contributed by atoms with Crippen LogP contribution in [0.15, 0.2) is 60.7 Å². The Labute approximate surface area is 229 Å². The molecule has 4 fully saturated rings. The number of aliphatic hydroxyl groups is 1. The molecule has 2 aromatic rings. The maximum atomic E-state index is 14.3. The first-order valence-corrected chi connectivity index (χ1v) is 14.3. The third-order valence-corrected chi connectivity index (χ3v) is 9.20. The Morgan fingerprint density at radius 3 is 2.36 bits per heavy atom. The Bertz CT molecular complexity index is 1200. The summed E-state index contributed by atoms with van der Waals surface area (Å²) >= 11 is 0. The molecule has 1 aliphatic carbocycles. The number of para-hydroxylation sites is 1. The topological polar surface area (TPSA) is 108 Å². The number of amides is 3. The van der Waals surface area contributed by atoms with Crippen LogP contribution in [-0.4, -0.2) is 64.2 Å². The van der Waals surface area contributed by atoms with E-state index in [2.05, 4.69) is 10.6 Å². The van der Waals surface area contributed by atoms with E-state index in [0.717, 1.165) is 31.2 Å². The zero-order valence-electron chi connectivity index (χ0n) is 22.1. The first-order valence-electron chi connectivity index (χ1n) is 14.3. The van der Waals surface area contributed by atoms with Crippen LogP contribution in [0.5, 0.6) is 0 Å². The number of nitrogens with zero attached hydrogens (tertiary/aromatic N) is 1. The Balaban J connectivity index is 1.34. The zero-order chi connectivity index (χ0) is 27.0. The summed E-state index contributed by atoms with van der Waals surface area (Å²) in [5.41, 5.74) is 0.544. The third kappa shape index (κ3) is 4.63. The molecule has 3 N–H and O–H groups in total. The van der Waals surface area contributed by atoms with Gasteiger partial charge in [-0.25, -0.2) is 0 Å². The highest BCUT2D eigenvalue weighted by Gasteiger charge is 2.75. The summed E-state index contributed by atoms with van der Waals surface area (Å²) in [6, 6.07) is 17.4. The van der Waals surface area contributed by atoms with Crippen LogP contribution >= 0.6 is 0 Å². The average molecular weight is 532 g/mol. The fraction of sp³-hybridized carbons (Fsp3) is 0.516. The smallest absolute Gasteiger partial charge is 0.246 e. The van der Waals surface area contributed by atoms with E-state index in [9.17, 15) is 19.5 Å². The van der Waals surface area contributed by atoms with E-state index in [1.54, 1.807) is 4.90 Å². The van der Waals surface area contributed by atoms with Gasteiger partial charge in [0, 0.05) is 11.7 Å². The Morgan fingerprint density at radius 1 is 0.974 bits per heavy atom. The van der Waals surface area contributed by atoms with Crippen LogP contribution in [0.25, 0.3) is 0 Å². The lowest BCUT2D eigenvalue weighted by molar-refractivity contribution is -0.145. The number of nitrogens with one attached hydrogen (secondary N) is 2. The van der Waals surface area contributed by atoms with Gasteiger partial charge in [0.1, 0.15) is 11.6 Å². The van der Waals surface area contributed by atoms with Crippen molar-refractivity contribution in [3.05, 3.63) is 66.2 Å². The summed E-state index contributed by atoms with van der Waals surface area (Å²) in [5, 5.41) is 16.7. The zero-order valence-corrected chi connectivity index (χ0v) is 22.1. The quantitative estimate of drug-likeness (QED) is 0.485. The number of rotatable bonds is 8. The molecule has 3 saturated heterocycles. The number of fused-ring (bicyclic) bond motifs is 1. The van der Waals surface area contributed by atoms with Crippen molar-refractivity contribution in [2.75, 3.05) is 11.9 Å². The minimum absolute atomic E-state index is 0.0659. The molecule has 2 bridgehead atoms. The van der Waals surface area contributed by atoms with Crippen molar-refractivity contribution in [1.29, 1.82) is 0 Å². The van der Waals surface area contributed by atoms with Gasteiger partial charge in [0.15, 0.2) is 0 Å². The number of likely N-dealkylation sites (tertiary alicyclic amines) is 1. The molecule has 39 heavy (non-hydrogen) atoms. The normalized spacial score (nSPS) is 30.7. The molecule has 2 unspecified atom stereocenters. The largest absolute Gasteiger partial charge is 0.394 e. The van der Waals surface area contributed by atoms with E-state index in [1.165, 1.54) is 6.42 Å². The second-order valence-electron chi connectivity index (χ2n) is 11.5. The SMILES string of the molecule is O=C(NC1CCCCC1)C1N([C@@H](CO)Cc2ccccc2)C(=O)[C@@H]2[C@@H](C(=O)Nc3ccccc3)[C@H]3CCC12O3. The van der Waals surface area contributed by atoms with Crippen LogP contribution in [0.3, 0.4) is 0 Å². The fourth-order valence-electron chi connectivity index (χ4n) is 7.50. The minimum Gasteiger partial charge on any atom is -0.394 e. The molecule has 206 valence electrons. The lowest BCUT2D eigenvalue weighted by atomic mass is 9.70. The summed E-state index contributed by atoms with van der Waals surface area (Å²) < 4.78 is 6.56. The molecule has 3 aliphatic heterocycles. The van der Waals surface area contributed by atoms with Gasteiger partial charge in [-0.05, 0) is 49.8 Å². The Kier molecular flexibility index (Phi) is 7.16. The van der Waals surface area contributed by atoms with Gasteiger partial charge < -0.3 is 25.4 Å². The lowest BCUT2D eigenvalue weighted by Gasteiger charge is -2.38. The van der Waals surface area contributed by atoms with Crippen molar-refractivity contribution in [2.45, 2.75) is 81.2 Å². The third-order valence-electron chi connectivity index (χ3n) is 9.20. The predicted molar refractivity (Wildman–Crippen MR) is 146 cm³/mol. The highest BCUT2D eigenvalue weighted by molar-refractivity contribution is 6.02. The lowest BCUT2D eigenvalue weighted by Crippen LogP contribution is -2.59. The molecule has 2 aromatic carbocycles. The first kappa shape index (κ1) is 26.0. The minimum atomic E-state index is -1.08. The molecule has 3 heterocycles. The molecule has 0 radical (unpaired) electrons. The van der Waals surface area contributed by atoms with Gasteiger partial charge in [0.25, 0.3) is 0 Å². The molecule has 0 aromatic heterocycles. The van der Waals surface area contributed by atoms with Crippen molar-refractivity contribution >= 4 is 23.4 Å². The molecule has 3 amide bonds. The Hall–Kier alpha value is -3.23. The molecule has 4 aliphatic rings. The van der Waals surface area contributed by atoms with Gasteiger partial charge in [-0.15, -0.1) is 0 Å². The maximum Gasteiger partial charge on any atom is 0.246 e. The number of hydrogen-bond acceptors (Lipinski definition) is 5. The van der Waals surface area contributed by atoms with Crippen LogP contribution in [0.4, 0.5) is 5.69 Å². The number of aliphatic hydroxyl groups excluding tert-OH is 1. The van der Waals surface area contributed by atoms with E-state index in [0.29, 0.717) is 24.9 Å². The summed E-state index contributed by atoms with van der Waals surface area (Å²) in [4.78, 5) is 43.6. The number of ether oxygens (including phenoxy) is 1. The summed E-state index contributed by atoms with van der Waals surface area (Å²) in [6.45, 7) is -0.291. The van der Waals surface area contributed by atoms with Crippen LogP contribution in [0, 0.1) is 11.8 Å². The molecule has 6 atom stereocenters. The van der Waals surface area contributed by atoms with Gasteiger partial charge >= 0.3 is 0 Å². The summed E-state index contributed by atoms with van der Waals surface area (Å²) in [7, 11) is 0. The van der Waals surface area contributed by atoms with Crippen LogP contribution in [0.2, 0.25) is 0 Å². The van der Waals surface area contributed by atoms with Crippen molar-refractivity contribution in [3.63, 3.8) is 0 Å². The van der Waals surface area contributed by atoms with Crippen LogP contribution < -0.4 is 10.6 Å². The number of carbonyl (C=O) groups excluding carboxylic acids is 3. The van der Waals surface area contributed by atoms with Gasteiger partial charge in [0.2, 0.25) is 17.7 Å². The maximum absolute atomic E-state index is 14.3. The van der Waals surface area contributed by atoms with Gasteiger partial charge in [-0.2, -0.15) is 0 Å². The van der Waals surface area contributed by atoms with E-state index in [4.69, 9.17) is 4.74 Å². The molecule has 8 heteroatoms. The highest BCUT2D eigenvalue weighted by atomic mass is 16.5. The second-order valence-corrected chi connectivity index (χ2v) is 11.5. The fourth-order valence-corrected chi connectivity index (χ4v) is 7.50. The van der Waals surface area contributed by atoms with E-state index < -0.39 is 35.6 Å². The Morgan fingerprint density at radius 2 is 1.67 bits per heavy atom. The van der Waals surface area contributed by atoms with E-state index in [1.807, 2.05) is 60.7 Å². The van der Waals surface area contributed by atoms with Gasteiger partial charge in [-0.3, -0.25) is 14.4 Å². The highest BCUT2D eigenvalue weighted by Crippen LogP contribution is 2.59. The summed E-state index contributed by atoms with van der Waals surface area (Å²) in [5.74, 6) is -2.23. The number of anilines is 1. The number of benzene rings is 2. The van der Waals surface area contributed by atoms with Crippen molar-refractivity contribution < 1.29 is 24.2 Å². The van der Waals surface area contributed by atoms with E-state index >= 15 is 0 Å². The second kappa shape index (κ2) is 10.7.